The molecule has 2 aromatic carbocycles. The maximum Gasteiger partial charge on any atom is 0.238 e. The number of methoxy groups -OCH3 is 1. The molecule has 0 atom stereocenters. The highest BCUT2D eigenvalue weighted by molar-refractivity contribution is 5.93. The van der Waals surface area contributed by atoms with Crippen LogP contribution in [-0.4, -0.2) is 50.5 Å². The van der Waals surface area contributed by atoms with Crippen LogP contribution in [0.5, 0.6) is 5.75 Å². The minimum absolute atomic E-state index is 0.101. The van der Waals surface area contributed by atoms with Crippen LogP contribution in [0.4, 0.5) is 5.69 Å². The summed E-state index contributed by atoms with van der Waals surface area (Å²) in [5.74, 6) is 0.575. The van der Waals surface area contributed by atoms with Crippen molar-refractivity contribution in [2.45, 2.75) is 20.3 Å². The van der Waals surface area contributed by atoms with Crippen LogP contribution in [0, 0.1) is 13.8 Å². The van der Waals surface area contributed by atoms with E-state index in [-0.39, 0.29) is 24.9 Å². The number of carbonyl (C=O) groups is 2. The van der Waals surface area contributed by atoms with Crippen LogP contribution in [-0.2, 0) is 16.0 Å². The van der Waals surface area contributed by atoms with Crippen LogP contribution in [0.25, 0.3) is 0 Å². The van der Waals surface area contributed by atoms with Crippen LogP contribution in [0.1, 0.15) is 16.7 Å². The van der Waals surface area contributed by atoms with Gasteiger partial charge in [0.05, 0.1) is 20.2 Å². The van der Waals surface area contributed by atoms with Gasteiger partial charge >= 0.3 is 0 Å². The van der Waals surface area contributed by atoms with Gasteiger partial charge in [-0.2, -0.15) is 0 Å². The Labute approximate surface area is 166 Å². The SMILES string of the molecule is COc1ccc(CCNC(=O)CN(C)CC(=O)Nc2cccc(C)c2C)cc1. The molecule has 6 heteroatoms. The number of ether oxygens (including phenoxy) is 1. The zero-order valence-electron chi connectivity index (χ0n) is 17.0. The molecule has 150 valence electrons. The average Bonchev–Trinajstić information content (AvgIpc) is 2.65. The number of hydrogen-bond donors (Lipinski definition) is 2. The number of nitrogens with zero attached hydrogens (tertiary/aromatic N) is 1. The third kappa shape index (κ3) is 6.70. The Morgan fingerprint density at radius 1 is 1.00 bits per heavy atom. The van der Waals surface area contributed by atoms with Gasteiger partial charge in [-0.1, -0.05) is 24.3 Å². The first kappa shape index (κ1) is 21.4. The lowest BCUT2D eigenvalue weighted by Crippen LogP contribution is -2.39. The lowest BCUT2D eigenvalue weighted by molar-refractivity contribution is -0.122. The molecular formula is C22H29N3O3. The minimum atomic E-state index is -0.137. The van der Waals surface area contributed by atoms with Gasteiger partial charge in [0.1, 0.15) is 5.75 Å². The molecule has 0 saturated heterocycles. The van der Waals surface area contributed by atoms with Crippen molar-refractivity contribution in [3.05, 3.63) is 59.2 Å². The highest BCUT2D eigenvalue weighted by atomic mass is 16.5. The fourth-order valence-electron chi connectivity index (χ4n) is 2.82. The van der Waals surface area contributed by atoms with Crippen molar-refractivity contribution in [2.24, 2.45) is 0 Å². The van der Waals surface area contributed by atoms with Crippen molar-refractivity contribution >= 4 is 17.5 Å². The topological polar surface area (TPSA) is 70.7 Å². The molecule has 0 unspecified atom stereocenters. The summed E-state index contributed by atoms with van der Waals surface area (Å²) < 4.78 is 5.13. The van der Waals surface area contributed by atoms with Crippen molar-refractivity contribution in [3.63, 3.8) is 0 Å². The van der Waals surface area contributed by atoms with Crippen molar-refractivity contribution in [2.75, 3.05) is 39.1 Å². The zero-order valence-corrected chi connectivity index (χ0v) is 17.0. The lowest BCUT2D eigenvalue weighted by atomic mass is 10.1. The first-order chi connectivity index (χ1) is 13.4. The number of amides is 2. The Morgan fingerprint density at radius 2 is 1.68 bits per heavy atom. The van der Waals surface area contributed by atoms with Crippen molar-refractivity contribution in [3.8, 4) is 5.75 Å². The van der Waals surface area contributed by atoms with Gasteiger partial charge in [-0.3, -0.25) is 14.5 Å². The summed E-state index contributed by atoms with van der Waals surface area (Å²) in [5.41, 5.74) is 4.11. The molecule has 0 aliphatic rings. The molecule has 0 aromatic heterocycles. The summed E-state index contributed by atoms with van der Waals surface area (Å²) in [6.45, 7) is 4.86. The molecule has 2 amide bonds. The summed E-state index contributed by atoms with van der Waals surface area (Å²) >= 11 is 0. The molecule has 6 nitrogen and oxygen atoms in total. The summed E-state index contributed by atoms with van der Waals surface area (Å²) in [4.78, 5) is 26.0. The maximum atomic E-state index is 12.2. The van der Waals surface area contributed by atoms with Gasteiger partial charge in [0.2, 0.25) is 11.8 Å². The number of aryl methyl sites for hydroxylation is 1. The number of likely N-dealkylation sites (N-methyl/N-ethyl adjacent to an activating group) is 1. The monoisotopic (exact) mass is 383 g/mol. The van der Waals surface area contributed by atoms with E-state index in [0.717, 1.165) is 34.5 Å². The van der Waals surface area contributed by atoms with E-state index < -0.39 is 0 Å². The Hall–Kier alpha value is -2.86. The summed E-state index contributed by atoms with van der Waals surface area (Å²) in [6, 6.07) is 13.6. The first-order valence-electron chi connectivity index (χ1n) is 9.33. The molecule has 0 aliphatic carbocycles. The van der Waals surface area contributed by atoms with Crippen molar-refractivity contribution < 1.29 is 14.3 Å². The third-order valence-electron chi connectivity index (χ3n) is 4.60. The molecule has 28 heavy (non-hydrogen) atoms. The van der Waals surface area contributed by atoms with Gasteiger partial charge in [-0.25, -0.2) is 0 Å². The fourth-order valence-corrected chi connectivity index (χ4v) is 2.82. The van der Waals surface area contributed by atoms with Gasteiger partial charge in [0.15, 0.2) is 0 Å². The molecule has 2 aromatic rings. The van der Waals surface area contributed by atoms with Crippen LogP contribution in [0.3, 0.4) is 0 Å². The Morgan fingerprint density at radius 3 is 2.36 bits per heavy atom. The smallest absolute Gasteiger partial charge is 0.238 e. The van der Waals surface area contributed by atoms with E-state index in [2.05, 4.69) is 10.6 Å². The molecular weight excluding hydrogens is 354 g/mol. The van der Waals surface area contributed by atoms with E-state index in [9.17, 15) is 9.59 Å². The molecule has 0 fully saturated rings. The summed E-state index contributed by atoms with van der Waals surface area (Å²) in [5, 5.41) is 5.79. The molecule has 0 saturated carbocycles. The van der Waals surface area contributed by atoms with Crippen LogP contribution < -0.4 is 15.4 Å². The van der Waals surface area contributed by atoms with Crippen LogP contribution in [0.15, 0.2) is 42.5 Å². The van der Waals surface area contributed by atoms with E-state index in [1.807, 2.05) is 56.3 Å². The fraction of sp³-hybridized carbons (Fsp3) is 0.364. The average molecular weight is 383 g/mol. The third-order valence-corrected chi connectivity index (χ3v) is 4.60. The molecule has 0 radical (unpaired) electrons. The predicted molar refractivity (Wildman–Crippen MR) is 112 cm³/mol. The molecule has 2 N–H and O–H groups in total. The van der Waals surface area contributed by atoms with E-state index in [4.69, 9.17) is 4.74 Å². The van der Waals surface area contributed by atoms with Crippen LogP contribution >= 0.6 is 0 Å². The number of anilines is 1. The molecule has 2 rings (SSSR count). The number of carbonyl (C=O) groups excluding carboxylic acids is 2. The maximum absolute atomic E-state index is 12.2. The number of rotatable bonds is 9. The van der Waals surface area contributed by atoms with E-state index in [1.165, 1.54) is 0 Å². The van der Waals surface area contributed by atoms with E-state index >= 15 is 0 Å². The summed E-state index contributed by atoms with van der Waals surface area (Å²) in [7, 11) is 3.39. The van der Waals surface area contributed by atoms with E-state index in [1.54, 1.807) is 19.1 Å². The molecule has 0 spiro atoms. The highest BCUT2D eigenvalue weighted by Crippen LogP contribution is 2.17. The number of nitrogens with one attached hydrogen (secondary N) is 2. The Bertz CT molecular complexity index is 803. The zero-order chi connectivity index (χ0) is 20.5. The predicted octanol–water partition coefficient (Wildman–Crippen LogP) is 2.54. The Balaban J connectivity index is 1.71. The van der Waals surface area contributed by atoms with E-state index in [0.29, 0.717) is 6.54 Å². The minimum Gasteiger partial charge on any atom is -0.497 e. The van der Waals surface area contributed by atoms with Crippen LogP contribution in [0.2, 0.25) is 0 Å². The molecule has 0 heterocycles. The second-order valence-corrected chi connectivity index (χ2v) is 6.92. The second-order valence-electron chi connectivity index (χ2n) is 6.92. The lowest BCUT2D eigenvalue weighted by Gasteiger charge is -2.17. The van der Waals surface area contributed by atoms with Gasteiger partial charge in [0, 0.05) is 12.2 Å². The van der Waals surface area contributed by atoms with Gasteiger partial charge in [0.25, 0.3) is 0 Å². The number of hydrogen-bond acceptors (Lipinski definition) is 4. The first-order valence-corrected chi connectivity index (χ1v) is 9.33. The normalized spacial score (nSPS) is 10.6. The van der Waals surface area contributed by atoms with Crippen molar-refractivity contribution in [1.82, 2.24) is 10.2 Å². The van der Waals surface area contributed by atoms with Gasteiger partial charge in [-0.15, -0.1) is 0 Å². The Kier molecular flexibility index (Phi) is 8.02. The largest absolute Gasteiger partial charge is 0.497 e. The summed E-state index contributed by atoms with van der Waals surface area (Å²) in [6.07, 6.45) is 0.743. The van der Waals surface area contributed by atoms with Gasteiger partial charge in [-0.05, 0) is 62.2 Å². The molecule has 0 bridgehead atoms. The second kappa shape index (κ2) is 10.5. The number of benzene rings is 2. The quantitative estimate of drug-likeness (QED) is 0.698. The standard InChI is InChI=1S/C22H29N3O3/c1-16-6-5-7-20(17(16)2)24-22(27)15-25(3)14-21(26)23-13-12-18-8-10-19(28-4)11-9-18/h5-11H,12-15H2,1-4H3,(H,23,26)(H,24,27). The van der Waals surface area contributed by atoms with Gasteiger partial charge < -0.3 is 15.4 Å². The highest BCUT2D eigenvalue weighted by Gasteiger charge is 2.12. The van der Waals surface area contributed by atoms with Crippen molar-refractivity contribution in [1.29, 1.82) is 0 Å². The molecule has 0 aliphatic heterocycles.